The average Bonchev–Trinajstić information content (AvgIpc) is 3.15. The van der Waals surface area contributed by atoms with Crippen molar-refractivity contribution in [1.82, 2.24) is 5.32 Å². The molecule has 0 heterocycles. The van der Waals surface area contributed by atoms with Crippen LogP contribution in [0, 0.1) is 0 Å². The van der Waals surface area contributed by atoms with E-state index in [-0.39, 0.29) is 5.91 Å². The molecule has 1 aromatic rings. The number of amides is 1. The van der Waals surface area contributed by atoms with E-state index in [1.807, 2.05) is 6.07 Å². The van der Waals surface area contributed by atoms with Crippen LogP contribution in [0.15, 0.2) is 18.2 Å². The predicted octanol–water partition coefficient (Wildman–Crippen LogP) is 1.85. The van der Waals surface area contributed by atoms with E-state index in [9.17, 15) is 4.79 Å². The Morgan fingerprint density at radius 3 is 2.89 bits per heavy atom. The second kappa shape index (κ2) is 6.07. The maximum absolute atomic E-state index is 11.4. The maximum Gasteiger partial charge on any atom is 0.223 e. The number of ether oxygens (including phenoxy) is 1. The fourth-order valence-electron chi connectivity index (χ4n) is 1.57. The third-order valence-corrected chi connectivity index (χ3v) is 3.06. The highest BCUT2D eigenvalue weighted by Gasteiger charge is 2.22. The van der Waals surface area contributed by atoms with Gasteiger partial charge in [0.15, 0.2) is 0 Å². The summed E-state index contributed by atoms with van der Waals surface area (Å²) in [5.41, 5.74) is 6.47. The van der Waals surface area contributed by atoms with Crippen LogP contribution in [0.25, 0.3) is 0 Å². The zero-order chi connectivity index (χ0) is 13.0. The number of carbonyl (C=O) groups is 1. The van der Waals surface area contributed by atoms with E-state index in [4.69, 9.17) is 22.1 Å². The monoisotopic (exact) mass is 268 g/mol. The fraction of sp³-hybridized carbons (Fsp3) is 0.462. The van der Waals surface area contributed by atoms with Gasteiger partial charge in [-0.2, -0.15) is 0 Å². The van der Waals surface area contributed by atoms with Crippen molar-refractivity contribution in [2.75, 3.05) is 6.61 Å². The minimum atomic E-state index is 0.0344. The third kappa shape index (κ3) is 3.89. The number of carbonyl (C=O) groups excluding carboxylic acids is 1. The first-order chi connectivity index (χ1) is 8.69. The number of halogens is 1. The summed E-state index contributed by atoms with van der Waals surface area (Å²) >= 11 is 6.04. The second-order valence-corrected chi connectivity index (χ2v) is 4.82. The van der Waals surface area contributed by atoms with E-state index < -0.39 is 0 Å². The molecule has 1 aliphatic carbocycles. The Kier molecular flexibility index (Phi) is 4.44. The minimum Gasteiger partial charge on any atom is -0.491 e. The van der Waals surface area contributed by atoms with Gasteiger partial charge in [0.1, 0.15) is 5.75 Å². The summed E-state index contributed by atoms with van der Waals surface area (Å²) in [4.78, 5) is 11.4. The molecule has 3 N–H and O–H groups in total. The van der Waals surface area contributed by atoms with Crippen LogP contribution in [0.3, 0.4) is 0 Å². The molecule has 0 radical (unpaired) electrons. The molecule has 2 rings (SSSR count). The van der Waals surface area contributed by atoms with Gasteiger partial charge in [0.2, 0.25) is 5.91 Å². The zero-order valence-electron chi connectivity index (χ0n) is 10.1. The molecule has 0 atom stereocenters. The molecule has 5 heteroatoms. The molecule has 18 heavy (non-hydrogen) atoms. The molecule has 0 unspecified atom stereocenters. The quantitative estimate of drug-likeness (QED) is 0.828. The van der Waals surface area contributed by atoms with Gasteiger partial charge in [-0.05, 0) is 30.5 Å². The Morgan fingerprint density at radius 2 is 2.28 bits per heavy atom. The highest BCUT2D eigenvalue weighted by Crippen LogP contribution is 2.25. The molecule has 0 bridgehead atoms. The molecule has 1 aromatic carbocycles. The molecular formula is C13H17ClN2O2. The lowest BCUT2D eigenvalue weighted by molar-refractivity contribution is -0.121. The highest BCUT2D eigenvalue weighted by atomic mass is 35.5. The average molecular weight is 269 g/mol. The van der Waals surface area contributed by atoms with Crippen molar-refractivity contribution >= 4 is 17.5 Å². The summed E-state index contributed by atoms with van der Waals surface area (Å²) in [7, 11) is 0. The number of benzene rings is 1. The number of hydrogen-bond acceptors (Lipinski definition) is 3. The van der Waals surface area contributed by atoms with Crippen LogP contribution in [0.5, 0.6) is 5.75 Å². The van der Waals surface area contributed by atoms with Crippen LogP contribution < -0.4 is 15.8 Å². The molecule has 1 saturated carbocycles. The molecule has 0 spiro atoms. The molecular weight excluding hydrogens is 252 g/mol. The van der Waals surface area contributed by atoms with Crippen molar-refractivity contribution in [3.05, 3.63) is 28.8 Å². The minimum absolute atomic E-state index is 0.0344. The number of rotatable bonds is 6. The van der Waals surface area contributed by atoms with Crippen molar-refractivity contribution in [2.24, 2.45) is 5.73 Å². The summed E-state index contributed by atoms with van der Waals surface area (Å²) in [5.74, 6) is 0.625. The Labute approximate surface area is 111 Å². The van der Waals surface area contributed by atoms with E-state index in [0.29, 0.717) is 36.4 Å². The zero-order valence-corrected chi connectivity index (χ0v) is 10.9. The van der Waals surface area contributed by atoms with E-state index in [1.165, 1.54) is 0 Å². The maximum atomic E-state index is 11.4. The molecule has 1 amide bonds. The van der Waals surface area contributed by atoms with Crippen molar-refractivity contribution in [1.29, 1.82) is 0 Å². The summed E-state index contributed by atoms with van der Waals surface area (Å²) in [5, 5.41) is 3.43. The molecule has 98 valence electrons. The van der Waals surface area contributed by atoms with Crippen LogP contribution >= 0.6 is 11.6 Å². The van der Waals surface area contributed by atoms with Gasteiger partial charge < -0.3 is 15.8 Å². The summed E-state index contributed by atoms with van der Waals surface area (Å²) < 4.78 is 5.48. The molecule has 0 aliphatic heterocycles. The van der Waals surface area contributed by atoms with Crippen molar-refractivity contribution in [3.63, 3.8) is 0 Å². The van der Waals surface area contributed by atoms with Crippen molar-refractivity contribution in [2.45, 2.75) is 31.8 Å². The number of nitrogens with one attached hydrogen (secondary N) is 1. The van der Waals surface area contributed by atoms with Crippen LogP contribution in [0.2, 0.25) is 5.02 Å². The Balaban J connectivity index is 1.76. The van der Waals surface area contributed by atoms with Crippen LogP contribution in [-0.4, -0.2) is 18.6 Å². The summed E-state index contributed by atoms with van der Waals surface area (Å²) in [6.45, 7) is 0.782. The van der Waals surface area contributed by atoms with E-state index in [1.54, 1.807) is 12.1 Å². The standard InChI is InChI=1S/C13H17ClN2O2/c14-11-7-9(8-15)1-4-12(11)18-6-5-13(17)16-10-2-3-10/h1,4,7,10H,2-3,5-6,8,15H2,(H,16,17). The van der Waals surface area contributed by atoms with E-state index in [2.05, 4.69) is 5.32 Å². The van der Waals surface area contributed by atoms with Crippen LogP contribution in [0.4, 0.5) is 0 Å². The van der Waals surface area contributed by atoms with E-state index in [0.717, 1.165) is 18.4 Å². The highest BCUT2D eigenvalue weighted by molar-refractivity contribution is 6.32. The van der Waals surface area contributed by atoms with Gasteiger partial charge in [-0.15, -0.1) is 0 Å². The molecule has 0 saturated heterocycles. The van der Waals surface area contributed by atoms with Gasteiger partial charge in [0.05, 0.1) is 18.1 Å². The van der Waals surface area contributed by atoms with Crippen molar-refractivity contribution in [3.8, 4) is 5.75 Å². The van der Waals surface area contributed by atoms with Gasteiger partial charge in [-0.25, -0.2) is 0 Å². The van der Waals surface area contributed by atoms with Gasteiger partial charge in [0, 0.05) is 12.6 Å². The second-order valence-electron chi connectivity index (χ2n) is 4.41. The van der Waals surface area contributed by atoms with Crippen LogP contribution in [0.1, 0.15) is 24.8 Å². The molecule has 0 aromatic heterocycles. The SMILES string of the molecule is NCc1ccc(OCCC(=O)NC2CC2)c(Cl)c1. The van der Waals surface area contributed by atoms with Gasteiger partial charge in [0.25, 0.3) is 0 Å². The predicted molar refractivity (Wildman–Crippen MR) is 70.6 cm³/mol. The molecule has 4 nitrogen and oxygen atoms in total. The number of hydrogen-bond donors (Lipinski definition) is 2. The topological polar surface area (TPSA) is 64.3 Å². The summed E-state index contributed by atoms with van der Waals surface area (Å²) in [6, 6.07) is 5.82. The normalized spacial score (nSPS) is 14.3. The summed E-state index contributed by atoms with van der Waals surface area (Å²) in [6.07, 6.45) is 2.55. The molecule has 1 fully saturated rings. The van der Waals surface area contributed by atoms with Gasteiger partial charge in [-0.3, -0.25) is 4.79 Å². The largest absolute Gasteiger partial charge is 0.491 e. The Morgan fingerprint density at radius 1 is 1.50 bits per heavy atom. The third-order valence-electron chi connectivity index (χ3n) is 2.76. The smallest absolute Gasteiger partial charge is 0.223 e. The fourth-order valence-corrected chi connectivity index (χ4v) is 1.83. The first-order valence-electron chi connectivity index (χ1n) is 6.09. The van der Waals surface area contributed by atoms with Crippen molar-refractivity contribution < 1.29 is 9.53 Å². The lowest BCUT2D eigenvalue weighted by Crippen LogP contribution is -2.26. The first-order valence-corrected chi connectivity index (χ1v) is 6.47. The Bertz CT molecular complexity index is 433. The van der Waals surface area contributed by atoms with Gasteiger partial charge >= 0.3 is 0 Å². The van der Waals surface area contributed by atoms with E-state index >= 15 is 0 Å². The van der Waals surface area contributed by atoms with Crippen LogP contribution in [-0.2, 0) is 11.3 Å². The van der Waals surface area contributed by atoms with Gasteiger partial charge in [-0.1, -0.05) is 17.7 Å². The first kappa shape index (κ1) is 13.2. The number of nitrogens with two attached hydrogens (primary N) is 1. The lowest BCUT2D eigenvalue weighted by atomic mass is 10.2. The Hall–Kier alpha value is -1.26. The molecule has 1 aliphatic rings. The lowest BCUT2D eigenvalue weighted by Gasteiger charge is -2.09.